The SMILES string of the molecule is Cc1nn(C)c(CN2CCNCC23CCCCC3)c1Br. The molecule has 5 heteroatoms. The van der Waals surface area contributed by atoms with Crippen LogP contribution in [0.2, 0.25) is 0 Å². The molecule has 0 atom stereocenters. The minimum absolute atomic E-state index is 0.383. The Bertz CT molecular complexity index is 468. The largest absolute Gasteiger partial charge is 0.314 e. The van der Waals surface area contributed by atoms with E-state index in [1.807, 2.05) is 4.68 Å². The van der Waals surface area contributed by atoms with Crippen LogP contribution in [0.5, 0.6) is 0 Å². The Kier molecular flexibility index (Phi) is 4.20. The van der Waals surface area contributed by atoms with E-state index < -0.39 is 0 Å². The molecule has 1 aliphatic carbocycles. The average molecular weight is 341 g/mol. The topological polar surface area (TPSA) is 33.1 Å². The predicted molar refractivity (Wildman–Crippen MR) is 84.7 cm³/mol. The van der Waals surface area contributed by atoms with Gasteiger partial charge in [-0.25, -0.2) is 0 Å². The molecular weight excluding hydrogens is 316 g/mol. The molecule has 2 heterocycles. The molecule has 0 aromatic carbocycles. The first-order chi connectivity index (χ1) is 9.62. The number of halogens is 1. The van der Waals surface area contributed by atoms with Crippen LogP contribution >= 0.6 is 15.9 Å². The van der Waals surface area contributed by atoms with Gasteiger partial charge in [0.25, 0.3) is 0 Å². The number of hydrogen-bond donors (Lipinski definition) is 1. The molecule has 2 aliphatic rings. The van der Waals surface area contributed by atoms with Crippen LogP contribution in [-0.2, 0) is 13.6 Å². The smallest absolute Gasteiger partial charge is 0.0739 e. The minimum Gasteiger partial charge on any atom is -0.314 e. The third kappa shape index (κ3) is 2.55. The Morgan fingerprint density at radius 3 is 2.70 bits per heavy atom. The van der Waals surface area contributed by atoms with E-state index in [0.717, 1.165) is 31.9 Å². The lowest BCUT2D eigenvalue weighted by Gasteiger charge is -2.50. The molecule has 1 aromatic heterocycles. The van der Waals surface area contributed by atoms with Crippen molar-refractivity contribution in [3.8, 4) is 0 Å². The fraction of sp³-hybridized carbons (Fsp3) is 0.800. The van der Waals surface area contributed by atoms with Crippen molar-refractivity contribution < 1.29 is 0 Å². The second-order valence-electron chi connectivity index (χ2n) is 6.35. The standard InChI is InChI=1S/C15H25BrN4/c1-12-14(16)13(19(2)18-12)10-20-9-8-17-11-15(20)6-4-3-5-7-15/h17H,3-11H2,1-2H3. The van der Waals surface area contributed by atoms with Crippen LogP contribution in [0, 0.1) is 6.92 Å². The predicted octanol–water partition coefficient (Wildman–Crippen LogP) is 2.60. The molecule has 112 valence electrons. The summed E-state index contributed by atoms with van der Waals surface area (Å²) in [5, 5.41) is 8.16. The number of piperazine rings is 1. The Morgan fingerprint density at radius 2 is 2.05 bits per heavy atom. The van der Waals surface area contributed by atoms with Crippen molar-refractivity contribution in [1.82, 2.24) is 20.0 Å². The van der Waals surface area contributed by atoms with Gasteiger partial charge in [0, 0.05) is 38.8 Å². The summed E-state index contributed by atoms with van der Waals surface area (Å²) in [5.41, 5.74) is 2.79. The number of hydrogen-bond acceptors (Lipinski definition) is 3. The first-order valence-corrected chi connectivity index (χ1v) is 8.55. The van der Waals surface area contributed by atoms with Gasteiger partial charge < -0.3 is 5.32 Å². The Hall–Kier alpha value is -0.390. The van der Waals surface area contributed by atoms with E-state index >= 15 is 0 Å². The van der Waals surface area contributed by atoms with E-state index in [-0.39, 0.29) is 0 Å². The quantitative estimate of drug-likeness (QED) is 0.898. The highest BCUT2D eigenvalue weighted by molar-refractivity contribution is 9.10. The lowest BCUT2D eigenvalue weighted by atomic mass is 9.79. The highest BCUT2D eigenvalue weighted by atomic mass is 79.9. The van der Waals surface area contributed by atoms with Gasteiger partial charge in [0.05, 0.1) is 15.9 Å². The molecule has 1 saturated heterocycles. The molecule has 1 spiro atoms. The van der Waals surface area contributed by atoms with Crippen molar-refractivity contribution in [3.63, 3.8) is 0 Å². The molecule has 20 heavy (non-hydrogen) atoms. The zero-order valence-corrected chi connectivity index (χ0v) is 14.2. The van der Waals surface area contributed by atoms with Crippen LogP contribution < -0.4 is 5.32 Å². The van der Waals surface area contributed by atoms with Gasteiger partial charge in [0.2, 0.25) is 0 Å². The first kappa shape index (κ1) is 14.5. The average Bonchev–Trinajstić information content (AvgIpc) is 2.69. The van der Waals surface area contributed by atoms with Crippen LogP contribution in [0.15, 0.2) is 4.47 Å². The normalized spacial score (nSPS) is 23.4. The highest BCUT2D eigenvalue weighted by Gasteiger charge is 2.40. The van der Waals surface area contributed by atoms with Crippen LogP contribution in [-0.4, -0.2) is 39.9 Å². The molecule has 0 radical (unpaired) electrons. The van der Waals surface area contributed by atoms with Crippen molar-refractivity contribution in [2.24, 2.45) is 7.05 Å². The summed E-state index contributed by atoms with van der Waals surface area (Å²) in [5.74, 6) is 0. The molecule has 0 bridgehead atoms. The molecular formula is C15H25BrN4. The van der Waals surface area contributed by atoms with E-state index in [9.17, 15) is 0 Å². The monoisotopic (exact) mass is 340 g/mol. The Labute approximate surface area is 130 Å². The fourth-order valence-corrected chi connectivity index (χ4v) is 4.33. The number of aryl methyl sites for hydroxylation is 2. The number of nitrogens with one attached hydrogen (secondary N) is 1. The summed E-state index contributed by atoms with van der Waals surface area (Å²) in [7, 11) is 2.06. The van der Waals surface area contributed by atoms with Crippen molar-refractivity contribution in [2.45, 2.75) is 51.1 Å². The summed E-state index contributed by atoms with van der Waals surface area (Å²) in [6, 6.07) is 0. The minimum atomic E-state index is 0.383. The lowest BCUT2D eigenvalue weighted by Crippen LogP contribution is -2.61. The molecule has 3 rings (SSSR count). The number of nitrogens with zero attached hydrogens (tertiary/aromatic N) is 3. The van der Waals surface area contributed by atoms with Gasteiger partial charge in [-0.15, -0.1) is 0 Å². The molecule has 0 unspecified atom stereocenters. The summed E-state index contributed by atoms with van der Waals surface area (Å²) in [6.45, 7) is 6.50. The maximum Gasteiger partial charge on any atom is 0.0739 e. The van der Waals surface area contributed by atoms with Gasteiger partial charge in [0.15, 0.2) is 0 Å². The van der Waals surface area contributed by atoms with Crippen molar-refractivity contribution in [3.05, 3.63) is 15.9 Å². The molecule has 0 amide bonds. The van der Waals surface area contributed by atoms with Gasteiger partial charge >= 0.3 is 0 Å². The first-order valence-electron chi connectivity index (χ1n) is 7.76. The number of aromatic nitrogens is 2. The molecule has 1 aliphatic heterocycles. The van der Waals surface area contributed by atoms with E-state index in [0.29, 0.717) is 5.54 Å². The van der Waals surface area contributed by atoms with Gasteiger partial charge in [0.1, 0.15) is 0 Å². The third-order valence-corrected chi connectivity index (χ3v) is 6.10. The van der Waals surface area contributed by atoms with Gasteiger partial charge in [-0.2, -0.15) is 5.10 Å². The maximum atomic E-state index is 4.54. The van der Waals surface area contributed by atoms with E-state index in [2.05, 4.69) is 45.2 Å². The summed E-state index contributed by atoms with van der Waals surface area (Å²) in [6.07, 6.45) is 6.85. The molecule has 1 aromatic rings. The van der Waals surface area contributed by atoms with Gasteiger partial charge in [-0.1, -0.05) is 19.3 Å². The van der Waals surface area contributed by atoms with Gasteiger partial charge in [-0.3, -0.25) is 9.58 Å². The summed E-state index contributed by atoms with van der Waals surface area (Å²) in [4.78, 5) is 2.71. The van der Waals surface area contributed by atoms with Crippen molar-refractivity contribution in [1.29, 1.82) is 0 Å². The van der Waals surface area contributed by atoms with E-state index in [4.69, 9.17) is 0 Å². The summed E-state index contributed by atoms with van der Waals surface area (Å²) < 4.78 is 3.22. The van der Waals surface area contributed by atoms with Gasteiger partial charge in [-0.05, 0) is 35.7 Å². The van der Waals surface area contributed by atoms with E-state index in [1.165, 1.54) is 42.3 Å². The zero-order valence-electron chi connectivity index (χ0n) is 12.6. The molecule has 2 fully saturated rings. The maximum absolute atomic E-state index is 4.54. The van der Waals surface area contributed by atoms with E-state index in [1.54, 1.807) is 0 Å². The van der Waals surface area contributed by atoms with Crippen molar-refractivity contribution >= 4 is 15.9 Å². The zero-order chi connectivity index (χ0) is 14.2. The molecule has 1 N–H and O–H groups in total. The second kappa shape index (κ2) is 5.78. The molecule has 1 saturated carbocycles. The lowest BCUT2D eigenvalue weighted by molar-refractivity contribution is 0.0190. The van der Waals surface area contributed by atoms with Crippen LogP contribution in [0.25, 0.3) is 0 Å². The second-order valence-corrected chi connectivity index (χ2v) is 7.15. The highest BCUT2D eigenvalue weighted by Crippen LogP contribution is 2.36. The van der Waals surface area contributed by atoms with Crippen LogP contribution in [0.3, 0.4) is 0 Å². The molecule has 4 nitrogen and oxygen atoms in total. The van der Waals surface area contributed by atoms with Crippen LogP contribution in [0.4, 0.5) is 0 Å². The van der Waals surface area contributed by atoms with Crippen LogP contribution in [0.1, 0.15) is 43.5 Å². The Morgan fingerprint density at radius 1 is 1.30 bits per heavy atom. The Balaban J connectivity index is 1.83. The van der Waals surface area contributed by atoms with Crippen molar-refractivity contribution in [2.75, 3.05) is 19.6 Å². The number of rotatable bonds is 2. The third-order valence-electron chi connectivity index (χ3n) is 5.07. The fourth-order valence-electron chi connectivity index (χ4n) is 3.87. The summed E-state index contributed by atoms with van der Waals surface area (Å²) >= 11 is 3.71.